The fourth-order valence-electron chi connectivity index (χ4n) is 4.28. The molecule has 1 aliphatic rings. The predicted molar refractivity (Wildman–Crippen MR) is 126 cm³/mol. The fraction of sp³-hybridized carbons (Fsp3) is 0.480. The molecule has 3 heterocycles. The molecule has 4 rings (SSSR count). The largest absolute Gasteiger partial charge is 0.373 e. The Labute approximate surface area is 184 Å². The number of nitrogens with zero attached hydrogens (tertiary/aromatic N) is 5. The van der Waals surface area contributed by atoms with Crippen molar-refractivity contribution < 1.29 is 4.79 Å². The maximum absolute atomic E-state index is 13.9. The number of benzene rings is 1. The van der Waals surface area contributed by atoms with Crippen molar-refractivity contribution in [1.29, 1.82) is 0 Å². The Kier molecular flexibility index (Phi) is 5.28. The molecule has 1 aliphatic heterocycles. The SMILES string of the molecule is Cc1nn(C(C)(C)C)c2nc(C(C)C)cc(C(=O)N3CCN(C)c4ccccc4C3)c12. The second-order valence-corrected chi connectivity index (χ2v) is 9.89. The summed E-state index contributed by atoms with van der Waals surface area (Å²) < 4.78 is 1.96. The highest BCUT2D eigenvalue weighted by Gasteiger charge is 2.28. The van der Waals surface area contributed by atoms with E-state index in [-0.39, 0.29) is 17.4 Å². The van der Waals surface area contributed by atoms with E-state index in [9.17, 15) is 4.79 Å². The quantitative estimate of drug-likeness (QED) is 0.604. The van der Waals surface area contributed by atoms with Crippen molar-refractivity contribution in [1.82, 2.24) is 19.7 Å². The summed E-state index contributed by atoms with van der Waals surface area (Å²) in [5, 5.41) is 5.66. The molecule has 6 nitrogen and oxygen atoms in total. The van der Waals surface area contributed by atoms with Crippen LogP contribution in [0.3, 0.4) is 0 Å². The molecule has 164 valence electrons. The van der Waals surface area contributed by atoms with E-state index in [4.69, 9.17) is 10.1 Å². The van der Waals surface area contributed by atoms with Crippen LogP contribution in [0.5, 0.6) is 0 Å². The van der Waals surface area contributed by atoms with Crippen LogP contribution < -0.4 is 4.90 Å². The topological polar surface area (TPSA) is 54.3 Å². The highest BCUT2D eigenvalue weighted by molar-refractivity contribution is 6.06. The minimum absolute atomic E-state index is 0.0518. The van der Waals surface area contributed by atoms with Gasteiger partial charge in [-0.05, 0) is 51.3 Å². The Morgan fingerprint density at radius 3 is 2.52 bits per heavy atom. The van der Waals surface area contributed by atoms with Crippen molar-refractivity contribution in [2.45, 2.75) is 59.5 Å². The lowest BCUT2D eigenvalue weighted by molar-refractivity contribution is 0.0753. The summed E-state index contributed by atoms with van der Waals surface area (Å²) in [5.41, 5.74) is 5.43. The minimum Gasteiger partial charge on any atom is -0.373 e. The van der Waals surface area contributed by atoms with Crippen LogP contribution in [0.1, 0.15) is 67.8 Å². The first kappa shape index (κ1) is 21.3. The molecule has 3 aromatic rings. The van der Waals surface area contributed by atoms with E-state index in [1.165, 1.54) is 11.3 Å². The fourth-order valence-corrected chi connectivity index (χ4v) is 4.28. The number of fused-ring (bicyclic) bond motifs is 2. The zero-order chi connectivity index (χ0) is 22.5. The van der Waals surface area contributed by atoms with Gasteiger partial charge in [0.05, 0.1) is 22.2 Å². The predicted octanol–water partition coefficient (Wildman–Crippen LogP) is 4.71. The Morgan fingerprint density at radius 1 is 1.13 bits per heavy atom. The van der Waals surface area contributed by atoms with Crippen LogP contribution in [-0.4, -0.2) is 45.7 Å². The standard InChI is InChI=1S/C25H33N5O/c1-16(2)20-14-19(22-17(3)27-30(23(22)26-20)25(4,5)6)24(31)29-13-12-28(7)21-11-9-8-10-18(21)15-29/h8-11,14,16H,12-13,15H2,1-7H3. The molecular weight excluding hydrogens is 386 g/mol. The third kappa shape index (κ3) is 3.80. The number of aromatic nitrogens is 3. The first-order valence-electron chi connectivity index (χ1n) is 11.1. The number of amides is 1. The smallest absolute Gasteiger partial charge is 0.255 e. The van der Waals surface area contributed by atoms with E-state index in [0.29, 0.717) is 18.7 Å². The summed E-state index contributed by atoms with van der Waals surface area (Å²) in [5.74, 6) is 0.270. The van der Waals surface area contributed by atoms with Gasteiger partial charge in [-0.25, -0.2) is 9.67 Å². The van der Waals surface area contributed by atoms with Crippen LogP contribution in [0.2, 0.25) is 0 Å². The Bertz CT molecular complexity index is 1140. The number of aryl methyl sites for hydroxylation is 1. The van der Waals surface area contributed by atoms with Crippen LogP contribution in [-0.2, 0) is 12.1 Å². The third-order valence-electron chi connectivity index (χ3n) is 6.05. The number of likely N-dealkylation sites (N-methyl/N-ethyl adjacent to an activating group) is 1. The zero-order valence-corrected chi connectivity index (χ0v) is 19.7. The summed E-state index contributed by atoms with van der Waals surface area (Å²) in [6, 6.07) is 10.3. The second-order valence-electron chi connectivity index (χ2n) is 9.89. The molecule has 0 radical (unpaired) electrons. The normalized spacial score (nSPS) is 14.8. The number of pyridine rings is 1. The van der Waals surface area contributed by atoms with Gasteiger partial charge in [-0.3, -0.25) is 4.79 Å². The van der Waals surface area contributed by atoms with Crippen LogP contribution in [0, 0.1) is 6.92 Å². The Balaban J connectivity index is 1.85. The van der Waals surface area contributed by atoms with E-state index in [1.54, 1.807) is 0 Å². The van der Waals surface area contributed by atoms with Gasteiger partial charge in [0.1, 0.15) is 0 Å². The summed E-state index contributed by atoms with van der Waals surface area (Å²) >= 11 is 0. The van der Waals surface area contributed by atoms with Gasteiger partial charge in [0, 0.05) is 38.1 Å². The lowest BCUT2D eigenvalue weighted by atomic mass is 10.0. The van der Waals surface area contributed by atoms with Gasteiger partial charge in [-0.15, -0.1) is 0 Å². The average Bonchev–Trinajstić information content (AvgIpc) is 2.97. The summed E-state index contributed by atoms with van der Waals surface area (Å²) in [4.78, 5) is 23.0. The van der Waals surface area contributed by atoms with Gasteiger partial charge in [0.2, 0.25) is 0 Å². The monoisotopic (exact) mass is 419 g/mol. The molecule has 1 amide bonds. The molecule has 0 spiro atoms. The molecule has 0 fully saturated rings. The summed E-state index contributed by atoms with van der Waals surface area (Å²) in [7, 11) is 2.09. The lowest BCUT2D eigenvalue weighted by Crippen LogP contribution is -2.34. The Hall–Kier alpha value is -2.89. The van der Waals surface area contributed by atoms with E-state index in [2.05, 4.69) is 64.8 Å². The highest BCUT2D eigenvalue weighted by atomic mass is 16.2. The maximum atomic E-state index is 13.9. The first-order valence-corrected chi connectivity index (χ1v) is 11.1. The van der Waals surface area contributed by atoms with E-state index >= 15 is 0 Å². The van der Waals surface area contributed by atoms with Gasteiger partial charge in [0.15, 0.2) is 5.65 Å². The zero-order valence-electron chi connectivity index (χ0n) is 19.7. The molecule has 0 saturated carbocycles. The van der Waals surface area contributed by atoms with E-state index in [1.807, 2.05) is 28.6 Å². The van der Waals surface area contributed by atoms with Crippen LogP contribution in [0.15, 0.2) is 30.3 Å². The number of rotatable bonds is 2. The molecule has 2 aromatic heterocycles. The number of carbonyl (C=O) groups is 1. The van der Waals surface area contributed by atoms with E-state index < -0.39 is 0 Å². The maximum Gasteiger partial charge on any atom is 0.255 e. The average molecular weight is 420 g/mol. The Morgan fingerprint density at radius 2 is 1.84 bits per heavy atom. The van der Waals surface area contributed by atoms with Gasteiger partial charge in [0.25, 0.3) is 5.91 Å². The minimum atomic E-state index is -0.223. The molecule has 0 unspecified atom stereocenters. The van der Waals surface area contributed by atoms with Gasteiger partial charge < -0.3 is 9.80 Å². The van der Waals surface area contributed by atoms with Crippen molar-refractivity contribution in [3.05, 3.63) is 52.8 Å². The van der Waals surface area contributed by atoms with Crippen molar-refractivity contribution in [3.8, 4) is 0 Å². The van der Waals surface area contributed by atoms with Crippen molar-refractivity contribution in [2.24, 2.45) is 0 Å². The van der Waals surface area contributed by atoms with Crippen LogP contribution in [0.4, 0.5) is 5.69 Å². The van der Waals surface area contributed by atoms with Gasteiger partial charge in [-0.2, -0.15) is 5.10 Å². The molecule has 0 bridgehead atoms. The van der Waals surface area contributed by atoms with Gasteiger partial charge >= 0.3 is 0 Å². The highest BCUT2D eigenvalue weighted by Crippen LogP contribution is 2.31. The van der Waals surface area contributed by atoms with E-state index in [0.717, 1.165) is 29.0 Å². The van der Waals surface area contributed by atoms with Crippen molar-refractivity contribution >= 4 is 22.6 Å². The van der Waals surface area contributed by atoms with Crippen LogP contribution >= 0.6 is 0 Å². The molecule has 31 heavy (non-hydrogen) atoms. The number of para-hydroxylation sites is 1. The number of hydrogen-bond acceptors (Lipinski definition) is 4. The molecule has 0 atom stereocenters. The molecule has 0 N–H and O–H groups in total. The molecule has 0 aliphatic carbocycles. The van der Waals surface area contributed by atoms with Gasteiger partial charge in [-0.1, -0.05) is 32.0 Å². The van der Waals surface area contributed by atoms with Crippen LogP contribution in [0.25, 0.3) is 11.0 Å². The second kappa shape index (κ2) is 7.66. The summed E-state index contributed by atoms with van der Waals surface area (Å²) in [6.07, 6.45) is 0. The van der Waals surface area contributed by atoms with Crippen molar-refractivity contribution in [2.75, 3.05) is 25.0 Å². The first-order chi connectivity index (χ1) is 14.6. The number of hydrogen-bond donors (Lipinski definition) is 0. The summed E-state index contributed by atoms with van der Waals surface area (Å²) in [6.45, 7) is 14.6. The third-order valence-corrected chi connectivity index (χ3v) is 6.05. The molecular formula is C25H33N5O. The van der Waals surface area contributed by atoms with Crippen molar-refractivity contribution in [3.63, 3.8) is 0 Å². The molecule has 6 heteroatoms. The number of anilines is 1. The lowest BCUT2D eigenvalue weighted by Gasteiger charge is -2.23. The molecule has 0 saturated heterocycles. The molecule has 1 aromatic carbocycles. The number of carbonyl (C=O) groups excluding carboxylic acids is 1.